The first-order valence-electron chi connectivity index (χ1n) is 7.80. The van der Waals surface area contributed by atoms with E-state index in [0.29, 0.717) is 5.69 Å². The average molecular weight is 386 g/mol. The summed E-state index contributed by atoms with van der Waals surface area (Å²) in [6.07, 6.45) is 7.54. The van der Waals surface area contributed by atoms with E-state index in [-0.39, 0.29) is 5.82 Å². The molecule has 2 heterocycles. The predicted molar refractivity (Wildman–Crippen MR) is 93.2 cm³/mol. The van der Waals surface area contributed by atoms with Gasteiger partial charge in [0.25, 0.3) is 0 Å². The van der Waals surface area contributed by atoms with Crippen LogP contribution in [0.3, 0.4) is 0 Å². The van der Waals surface area contributed by atoms with Crippen LogP contribution in [0.25, 0.3) is 5.69 Å². The molecule has 1 aliphatic carbocycles. The second-order valence-electron chi connectivity index (χ2n) is 6.20. The standard InChI is InChI=1S/C14H20N4O5P2/c1-24(19,20)14(25(21,22)23)16-13-8-11(6-7-15-13)18-9-10-4-2-3-5-12(10)17-18/h6-9,14H,2-5H2,1H3,(H,15,16)(H,19,20)(H2,21,22,23). The van der Waals surface area contributed by atoms with E-state index in [4.69, 9.17) is 0 Å². The molecule has 2 aromatic rings. The molecule has 0 saturated heterocycles. The van der Waals surface area contributed by atoms with Crippen LogP contribution in [0, 0.1) is 0 Å². The van der Waals surface area contributed by atoms with E-state index in [0.717, 1.165) is 38.0 Å². The van der Waals surface area contributed by atoms with Gasteiger partial charge < -0.3 is 20.0 Å². The van der Waals surface area contributed by atoms with Crippen molar-refractivity contribution < 1.29 is 23.8 Å². The van der Waals surface area contributed by atoms with Crippen LogP contribution in [-0.2, 0) is 22.0 Å². The number of fused-ring (bicyclic) bond motifs is 1. The van der Waals surface area contributed by atoms with Crippen LogP contribution in [-0.4, -0.2) is 41.6 Å². The van der Waals surface area contributed by atoms with Gasteiger partial charge in [-0.15, -0.1) is 0 Å². The summed E-state index contributed by atoms with van der Waals surface area (Å²) in [5.41, 5.74) is 0.993. The Morgan fingerprint density at radius 3 is 2.60 bits per heavy atom. The van der Waals surface area contributed by atoms with Crippen LogP contribution in [0.5, 0.6) is 0 Å². The van der Waals surface area contributed by atoms with Crippen molar-refractivity contribution in [2.24, 2.45) is 0 Å². The first-order valence-corrected chi connectivity index (χ1v) is 11.7. The third kappa shape index (κ3) is 4.19. The van der Waals surface area contributed by atoms with Gasteiger partial charge >= 0.3 is 7.60 Å². The predicted octanol–water partition coefficient (Wildman–Crippen LogP) is 1.92. The molecule has 0 fully saturated rings. The number of aromatic nitrogens is 3. The van der Waals surface area contributed by atoms with Gasteiger partial charge in [0, 0.05) is 25.1 Å². The molecule has 0 saturated carbocycles. The third-order valence-electron chi connectivity index (χ3n) is 4.04. The van der Waals surface area contributed by atoms with E-state index in [9.17, 15) is 23.8 Å². The Kier molecular flexibility index (Phi) is 4.88. The first kappa shape index (κ1) is 18.3. The Balaban J connectivity index is 1.90. The summed E-state index contributed by atoms with van der Waals surface area (Å²) in [4.78, 5) is 32.3. The fraction of sp³-hybridized carbons (Fsp3) is 0.429. The first-order chi connectivity index (χ1) is 11.6. The number of nitrogens with one attached hydrogen (secondary N) is 1. The summed E-state index contributed by atoms with van der Waals surface area (Å²) in [6, 6.07) is 3.25. The zero-order valence-electron chi connectivity index (χ0n) is 13.6. The summed E-state index contributed by atoms with van der Waals surface area (Å²) in [5.74, 6) is 0.0930. The molecule has 1 aliphatic rings. The summed E-state index contributed by atoms with van der Waals surface area (Å²) < 4.78 is 25.0. The lowest BCUT2D eigenvalue weighted by atomic mass is 9.99. The molecule has 136 valence electrons. The number of pyridine rings is 1. The van der Waals surface area contributed by atoms with Crippen LogP contribution >= 0.6 is 15.0 Å². The molecule has 9 nitrogen and oxygen atoms in total. The van der Waals surface area contributed by atoms with Crippen LogP contribution < -0.4 is 5.32 Å². The highest BCUT2D eigenvalue weighted by molar-refractivity contribution is 7.73. The highest BCUT2D eigenvalue weighted by Gasteiger charge is 2.41. The van der Waals surface area contributed by atoms with Crippen LogP contribution in [0.1, 0.15) is 24.1 Å². The van der Waals surface area contributed by atoms with Gasteiger partial charge in [-0.25, -0.2) is 9.67 Å². The maximum Gasteiger partial charge on any atom is 0.357 e. The molecule has 0 radical (unpaired) electrons. The minimum atomic E-state index is -4.84. The SMILES string of the molecule is CP(=O)(O)C(Nc1cc(-n2cc3c(n2)CCCC3)ccn1)P(=O)(O)O. The molecule has 0 spiro atoms. The Labute approximate surface area is 144 Å². The number of aryl methyl sites for hydroxylation is 2. The van der Waals surface area contributed by atoms with Crippen molar-refractivity contribution in [3.05, 3.63) is 35.8 Å². The Hall–Kier alpha value is -1.50. The normalized spacial score (nSPS) is 18.2. The molecule has 0 aromatic carbocycles. The zero-order chi connectivity index (χ0) is 18.2. The van der Waals surface area contributed by atoms with Gasteiger partial charge in [-0.3, -0.25) is 9.13 Å². The zero-order valence-corrected chi connectivity index (χ0v) is 15.4. The van der Waals surface area contributed by atoms with Gasteiger partial charge in [-0.2, -0.15) is 5.10 Å². The number of hydrogen-bond donors (Lipinski definition) is 4. The molecule has 2 unspecified atom stereocenters. The molecule has 25 heavy (non-hydrogen) atoms. The molecular formula is C14H20N4O5P2. The molecule has 0 amide bonds. The van der Waals surface area contributed by atoms with E-state index < -0.39 is 20.5 Å². The summed E-state index contributed by atoms with van der Waals surface area (Å²) in [5, 5.41) is 6.94. The monoisotopic (exact) mass is 386 g/mol. The van der Waals surface area contributed by atoms with Crippen LogP contribution in [0.15, 0.2) is 24.5 Å². The van der Waals surface area contributed by atoms with Gasteiger partial charge in [0.1, 0.15) is 5.82 Å². The van der Waals surface area contributed by atoms with Crippen molar-refractivity contribution in [1.82, 2.24) is 14.8 Å². The molecular weight excluding hydrogens is 366 g/mol. The van der Waals surface area contributed by atoms with Gasteiger partial charge in [0.05, 0.1) is 11.4 Å². The largest absolute Gasteiger partial charge is 0.357 e. The molecule has 4 N–H and O–H groups in total. The summed E-state index contributed by atoms with van der Waals surface area (Å²) in [6.45, 7) is 0.898. The van der Waals surface area contributed by atoms with E-state index >= 15 is 0 Å². The fourth-order valence-corrected chi connectivity index (χ4v) is 5.77. The van der Waals surface area contributed by atoms with E-state index in [1.807, 2.05) is 6.20 Å². The summed E-state index contributed by atoms with van der Waals surface area (Å²) >= 11 is 0. The van der Waals surface area contributed by atoms with E-state index in [1.165, 1.54) is 17.8 Å². The van der Waals surface area contributed by atoms with Crippen molar-refractivity contribution >= 4 is 20.8 Å². The van der Waals surface area contributed by atoms with Crippen molar-refractivity contribution in [1.29, 1.82) is 0 Å². The van der Waals surface area contributed by atoms with Gasteiger partial charge in [-0.1, -0.05) is 0 Å². The fourth-order valence-electron chi connectivity index (χ4n) is 2.86. The topological polar surface area (TPSA) is 138 Å². The van der Waals surface area contributed by atoms with Crippen molar-refractivity contribution in [2.75, 3.05) is 12.0 Å². The Morgan fingerprint density at radius 1 is 1.24 bits per heavy atom. The van der Waals surface area contributed by atoms with Crippen molar-refractivity contribution in [3.8, 4) is 5.69 Å². The lowest BCUT2D eigenvalue weighted by Gasteiger charge is -2.22. The molecule has 0 aliphatic heterocycles. The number of anilines is 1. The van der Waals surface area contributed by atoms with Gasteiger partial charge in [-0.05, 0) is 37.3 Å². The van der Waals surface area contributed by atoms with Crippen LogP contribution in [0.4, 0.5) is 5.82 Å². The lowest BCUT2D eigenvalue weighted by Crippen LogP contribution is -2.20. The van der Waals surface area contributed by atoms with E-state index in [1.54, 1.807) is 10.7 Å². The number of hydrogen-bond acceptors (Lipinski definition) is 5. The molecule has 0 bridgehead atoms. The maximum absolute atomic E-state index is 11.8. The van der Waals surface area contributed by atoms with Crippen molar-refractivity contribution in [3.63, 3.8) is 0 Å². The van der Waals surface area contributed by atoms with Gasteiger partial charge in [0.2, 0.25) is 12.9 Å². The lowest BCUT2D eigenvalue weighted by molar-refractivity contribution is 0.367. The average Bonchev–Trinajstić information content (AvgIpc) is 2.95. The van der Waals surface area contributed by atoms with Crippen molar-refractivity contribution in [2.45, 2.75) is 31.2 Å². The second-order valence-corrected chi connectivity index (χ2v) is 10.7. The molecule has 2 atom stereocenters. The minimum Gasteiger partial charge on any atom is -0.348 e. The minimum absolute atomic E-state index is 0.0930. The highest BCUT2D eigenvalue weighted by atomic mass is 31.2. The third-order valence-corrected chi connectivity index (χ3v) is 8.04. The Bertz CT molecular complexity index is 826. The molecule has 2 aromatic heterocycles. The van der Waals surface area contributed by atoms with Gasteiger partial charge in [0.15, 0.2) is 0 Å². The highest BCUT2D eigenvalue weighted by Crippen LogP contribution is 2.59. The Morgan fingerprint density at radius 2 is 1.96 bits per heavy atom. The maximum atomic E-state index is 11.8. The summed E-state index contributed by atoms with van der Waals surface area (Å²) in [7, 11) is -8.93. The number of rotatable bonds is 5. The molecule has 3 rings (SSSR count). The quantitative estimate of drug-likeness (QED) is 0.572. The second kappa shape index (κ2) is 6.67. The van der Waals surface area contributed by atoms with Crippen LogP contribution in [0.2, 0.25) is 0 Å². The van der Waals surface area contributed by atoms with E-state index in [2.05, 4.69) is 15.4 Å². The number of nitrogens with zero attached hydrogens (tertiary/aromatic N) is 3. The molecule has 11 heteroatoms. The smallest absolute Gasteiger partial charge is 0.348 e.